The van der Waals surface area contributed by atoms with Gasteiger partial charge in [0.25, 0.3) is 0 Å². The molecule has 8 nitrogen and oxygen atoms in total. The van der Waals surface area contributed by atoms with Crippen molar-refractivity contribution < 1.29 is 39.1 Å². The van der Waals surface area contributed by atoms with E-state index in [-0.39, 0.29) is 30.1 Å². The first kappa shape index (κ1) is 20.3. The molecule has 1 aliphatic heterocycles. The average Bonchev–Trinajstić information content (AvgIpc) is 2.64. The van der Waals surface area contributed by atoms with Gasteiger partial charge in [-0.2, -0.15) is 0 Å². The van der Waals surface area contributed by atoms with E-state index in [1.165, 1.54) is 19.2 Å². The highest BCUT2D eigenvalue weighted by molar-refractivity contribution is 5.90. The third-order valence-electron chi connectivity index (χ3n) is 4.21. The number of methoxy groups -OCH3 is 1. The number of carbonyl (C=O) groups excluding carboxylic acids is 2. The predicted molar refractivity (Wildman–Crippen MR) is 93.5 cm³/mol. The van der Waals surface area contributed by atoms with Crippen LogP contribution in [0.15, 0.2) is 41.7 Å². The van der Waals surface area contributed by atoms with Crippen molar-refractivity contribution in [3.8, 4) is 11.5 Å². The van der Waals surface area contributed by atoms with Gasteiger partial charge in [0, 0.05) is 17.9 Å². The van der Waals surface area contributed by atoms with Crippen molar-refractivity contribution >= 4 is 11.9 Å². The number of hydrogen-bond acceptors (Lipinski definition) is 8. The molecule has 2 unspecified atom stereocenters. The van der Waals surface area contributed by atoms with Gasteiger partial charge in [0.05, 0.1) is 32.0 Å². The molecule has 0 aromatic heterocycles. The lowest BCUT2D eigenvalue weighted by Crippen LogP contribution is -2.31. The largest absolute Gasteiger partial charge is 0.504 e. The van der Waals surface area contributed by atoms with Gasteiger partial charge >= 0.3 is 11.9 Å². The highest BCUT2D eigenvalue weighted by Crippen LogP contribution is 2.33. The van der Waals surface area contributed by atoms with Gasteiger partial charge in [-0.25, -0.2) is 4.79 Å². The number of carbonyl (C=O) groups is 2. The molecule has 0 spiro atoms. The molecule has 1 aromatic carbocycles. The summed E-state index contributed by atoms with van der Waals surface area (Å²) in [4.78, 5) is 24.1. The molecule has 27 heavy (non-hydrogen) atoms. The van der Waals surface area contributed by atoms with Crippen LogP contribution in [0.3, 0.4) is 0 Å². The fraction of sp³-hybridized carbons (Fsp3) is 0.368. The molecule has 146 valence electrons. The maximum absolute atomic E-state index is 12.2. The number of ether oxygens (including phenoxy) is 3. The molecule has 1 heterocycles. The standard InChI is InChI=1S/C19H22O8/c1-3-12-13(14(18(23)25-2)10-27-19(12)24)9-17(22)26-7-6-11-4-5-15(20)16(21)8-11/h3-5,8,10,13,19-21,24H,6-7,9H2,1-2H3. The van der Waals surface area contributed by atoms with Crippen molar-refractivity contribution in [2.45, 2.75) is 26.1 Å². The Hall–Kier alpha value is -3.00. The van der Waals surface area contributed by atoms with Gasteiger partial charge in [-0.3, -0.25) is 4.79 Å². The van der Waals surface area contributed by atoms with Crippen LogP contribution >= 0.6 is 0 Å². The van der Waals surface area contributed by atoms with Crippen LogP contribution in [0.2, 0.25) is 0 Å². The SMILES string of the molecule is CC=C1C(O)OC=C(C(=O)OC)C1CC(=O)OCCc1ccc(O)c(O)c1. The first-order valence-electron chi connectivity index (χ1n) is 8.31. The maximum Gasteiger partial charge on any atom is 0.337 e. The van der Waals surface area contributed by atoms with Crippen LogP contribution in [-0.4, -0.2) is 47.3 Å². The van der Waals surface area contributed by atoms with Crippen LogP contribution in [0.4, 0.5) is 0 Å². The molecule has 0 saturated carbocycles. The number of hydrogen-bond donors (Lipinski definition) is 3. The summed E-state index contributed by atoms with van der Waals surface area (Å²) >= 11 is 0. The summed E-state index contributed by atoms with van der Waals surface area (Å²) in [7, 11) is 1.21. The Morgan fingerprint density at radius 2 is 2.00 bits per heavy atom. The van der Waals surface area contributed by atoms with Gasteiger partial charge in [-0.1, -0.05) is 12.1 Å². The zero-order chi connectivity index (χ0) is 20.0. The monoisotopic (exact) mass is 378 g/mol. The van der Waals surface area contributed by atoms with E-state index in [1.807, 2.05) is 0 Å². The number of phenols is 2. The number of allylic oxidation sites excluding steroid dienone is 1. The number of aromatic hydroxyl groups is 2. The number of rotatable bonds is 6. The van der Waals surface area contributed by atoms with Crippen LogP contribution in [-0.2, 0) is 30.2 Å². The second-order valence-corrected chi connectivity index (χ2v) is 5.89. The summed E-state index contributed by atoms with van der Waals surface area (Å²) in [5, 5.41) is 28.7. The Morgan fingerprint density at radius 1 is 1.26 bits per heavy atom. The Kier molecular flexibility index (Phi) is 6.84. The van der Waals surface area contributed by atoms with Gasteiger partial charge < -0.3 is 29.5 Å². The Bertz CT molecular complexity index is 765. The van der Waals surface area contributed by atoms with E-state index in [0.717, 1.165) is 6.26 Å². The number of aliphatic hydroxyl groups is 1. The molecule has 0 amide bonds. The van der Waals surface area contributed by atoms with Crippen LogP contribution in [0.25, 0.3) is 0 Å². The summed E-state index contributed by atoms with van der Waals surface area (Å²) in [5.41, 5.74) is 1.18. The fourth-order valence-electron chi connectivity index (χ4n) is 2.76. The lowest BCUT2D eigenvalue weighted by Gasteiger charge is -2.28. The molecule has 8 heteroatoms. The molecule has 3 N–H and O–H groups in total. The number of esters is 2. The lowest BCUT2D eigenvalue weighted by molar-refractivity contribution is -0.145. The first-order chi connectivity index (χ1) is 12.9. The summed E-state index contributed by atoms with van der Waals surface area (Å²) in [6, 6.07) is 4.34. The van der Waals surface area contributed by atoms with E-state index in [2.05, 4.69) is 0 Å². The van der Waals surface area contributed by atoms with Gasteiger partial charge in [-0.15, -0.1) is 0 Å². The molecule has 1 aliphatic rings. The van der Waals surface area contributed by atoms with E-state index in [4.69, 9.17) is 14.2 Å². The minimum Gasteiger partial charge on any atom is -0.504 e. The number of phenolic OH excluding ortho intramolecular Hbond substituents is 2. The van der Waals surface area contributed by atoms with Gasteiger partial charge in [0.15, 0.2) is 11.5 Å². The number of benzene rings is 1. The van der Waals surface area contributed by atoms with E-state index >= 15 is 0 Å². The lowest BCUT2D eigenvalue weighted by atomic mass is 9.86. The predicted octanol–water partition coefficient (Wildman–Crippen LogP) is 1.54. The summed E-state index contributed by atoms with van der Waals surface area (Å²) in [6.07, 6.45) is 1.60. The van der Waals surface area contributed by atoms with Crippen molar-refractivity contribution in [1.82, 2.24) is 0 Å². The van der Waals surface area contributed by atoms with E-state index in [1.54, 1.807) is 19.1 Å². The van der Waals surface area contributed by atoms with Crippen LogP contribution in [0.1, 0.15) is 18.9 Å². The van der Waals surface area contributed by atoms with Gasteiger partial charge in [-0.05, 0) is 24.6 Å². The molecule has 1 aromatic rings. The van der Waals surface area contributed by atoms with E-state index in [0.29, 0.717) is 17.6 Å². The summed E-state index contributed by atoms with van der Waals surface area (Å²) < 4.78 is 14.9. The smallest absolute Gasteiger partial charge is 0.337 e. The van der Waals surface area contributed by atoms with Crippen molar-refractivity contribution in [2.75, 3.05) is 13.7 Å². The maximum atomic E-state index is 12.2. The molecule has 0 aliphatic carbocycles. The first-order valence-corrected chi connectivity index (χ1v) is 8.31. The molecule has 0 radical (unpaired) electrons. The molecular weight excluding hydrogens is 356 g/mol. The molecule has 0 fully saturated rings. The Balaban J connectivity index is 1.99. The topological polar surface area (TPSA) is 123 Å². The fourth-order valence-corrected chi connectivity index (χ4v) is 2.76. The molecule has 2 atom stereocenters. The van der Waals surface area contributed by atoms with Crippen LogP contribution in [0.5, 0.6) is 11.5 Å². The minimum atomic E-state index is -1.25. The van der Waals surface area contributed by atoms with Gasteiger partial charge in [0.2, 0.25) is 6.29 Å². The highest BCUT2D eigenvalue weighted by atomic mass is 16.6. The minimum absolute atomic E-state index is 0.0528. The van der Waals surface area contributed by atoms with Gasteiger partial charge in [0.1, 0.15) is 0 Å². The third kappa shape index (κ3) is 5.01. The van der Waals surface area contributed by atoms with Crippen molar-refractivity contribution in [2.24, 2.45) is 5.92 Å². The second kappa shape index (κ2) is 9.09. The third-order valence-corrected chi connectivity index (χ3v) is 4.21. The molecule has 0 saturated heterocycles. The molecule has 0 bridgehead atoms. The number of aliphatic hydroxyl groups excluding tert-OH is 1. The van der Waals surface area contributed by atoms with Crippen LogP contribution in [0, 0.1) is 5.92 Å². The summed E-state index contributed by atoms with van der Waals surface area (Å²) in [5.74, 6) is -2.41. The Labute approximate surface area is 156 Å². The summed E-state index contributed by atoms with van der Waals surface area (Å²) in [6.45, 7) is 1.72. The van der Waals surface area contributed by atoms with Crippen molar-refractivity contribution in [3.63, 3.8) is 0 Å². The van der Waals surface area contributed by atoms with E-state index in [9.17, 15) is 24.9 Å². The molecule has 2 rings (SSSR count). The normalized spacial score (nSPS) is 20.6. The van der Waals surface area contributed by atoms with Crippen LogP contribution < -0.4 is 0 Å². The highest BCUT2D eigenvalue weighted by Gasteiger charge is 2.35. The quantitative estimate of drug-likeness (QED) is 0.387. The van der Waals surface area contributed by atoms with Crippen molar-refractivity contribution in [1.29, 1.82) is 0 Å². The zero-order valence-electron chi connectivity index (χ0n) is 15.0. The second-order valence-electron chi connectivity index (χ2n) is 5.89. The average molecular weight is 378 g/mol. The zero-order valence-corrected chi connectivity index (χ0v) is 15.0. The molecular formula is C19H22O8. The van der Waals surface area contributed by atoms with E-state index < -0.39 is 24.1 Å². The van der Waals surface area contributed by atoms with Crippen molar-refractivity contribution in [3.05, 3.63) is 47.2 Å². The Morgan fingerprint density at radius 3 is 2.63 bits per heavy atom.